The standard InChI is InChI=1S/C18H22Cl2N4O3S/c1-11(2)21-17(25)15-10-28-16(23-15)9-24(6-7-27-3)18(26)22-12-4-5-13(19)14(20)8-12/h4-5,8,10-11H,6-7,9H2,1-3H3,(H,21,25)(H,22,26). The molecule has 0 aliphatic rings. The Hall–Kier alpha value is -1.87. The van der Waals surface area contributed by atoms with Crippen LogP contribution in [0.2, 0.25) is 10.0 Å². The summed E-state index contributed by atoms with van der Waals surface area (Å²) in [6.07, 6.45) is 0. The van der Waals surface area contributed by atoms with Crippen LogP contribution in [0.1, 0.15) is 29.3 Å². The number of methoxy groups -OCH3 is 1. The van der Waals surface area contributed by atoms with Gasteiger partial charge in [0, 0.05) is 30.8 Å². The molecule has 28 heavy (non-hydrogen) atoms. The fourth-order valence-corrected chi connectivity index (χ4v) is 3.30. The smallest absolute Gasteiger partial charge is 0.322 e. The van der Waals surface area contributed by atoms with Crippen molar-refractivity contribution in [2.75, 3.05) is 25.6 Å². The number of halogens is 2. The summed E-state index contributed by atoms with van der Waals surface area (Å²) in [7, 11) is 1.56. The third-order valence-electron chi connectivity index (χ3n) is 3.55. The lowest BCUT2D eigenvalue weighted by Crippen LogP contribution is -2.37. The zero-order chi connectivity index (χ0) is 20.7. The predicted octanol–water partition coefficient (Wildman–Crippen LogP) is 4.27. The fraction of sp³-hybridized carbons (Fsp3) is 0.389. The van der Waals surface area contributed by atoms with Crippen LogP contribution in [0, 0.1) is 0 Å². The van der Waals surface area contributed by atoms with Crippen LogP contribution in [0.3, 0.4) is 0 Å². The van der Waals surface area contributed by atoms with Crippen molar-refractivity contribution in [2.45, 2.75) is 26.4 Å². The number of rotatable bonds is 8. The minimum Gasteiger partial charge on any atom is -0.383 e. The van der Waals surface area contributed by atoms with Crippen LogP contribution < -0.4 is 10.6 Å². The van der Waals surface area contributed by atoms with Crippen LogP contribution in [0.15, 0.2) is 23.6 Å². The Bertz CT molecular complexity index is 829. The minimum absolute atomic E-state index is 0.0211. The van der Waals surface area contributed by atoms with E-state index in [1.54, 1.807) is 35.6 Å². The number of urea groups is 1. The number of carbonyl (C=O) groups is 2. The maximum absolute atomic E-state index is 12.7. The number of aromatic nitrogens is 1. The average Bonchev–Trinajstić information content (AvgIpc) is 3.10. The monoisotopic (exact) mass is 444 g/mol. The topological polar surface area (TPSA) is 83.6 Å². The maximum Gasteiger partial charge on any atom is 0.322 e. The molecule has 10 heteroatoms. The van der Waals surface area contributed by atoms with E-state index in [1.807, 2.05) is 13.8 Å². The fourth-order valence-electron chi connectivity index (χ4n) is 2.22. The number of hydrogen-bond acceptors (Lipinski definition) is 5. The number of ether oxygens (including phenoxy) is 1. The normalized spacial score (nSPS) is 10.8. The summed E-state index contributed by atoms with van der Waals surface area (Å²) in [4.78, 5) is 30.6. The number of nitrogens with zero attached hydrogens (tertiary/aromatic N) is 2. The first-order valence-electron chi connectivity index (χ1n) is 8.55. The minimum atomic E-state index is -0.334. The molecule has 1 heterocycles. The molecule has 0 aliphatic heterocycles. The largest absolute Gasteiger partial charge is 0.383 e. The van der Waals surface area contributed by atoms with Crippen LogP contribution in [0.4, 0.5) is 10.5 Å². The Morgan fingerprint density at radius 3 is 2.68 bits per heavy atom. The summed E-state index contributed by atoms with van der Waals surface area (Å²) in [5, 5.41) is 8.66. The summed E-state index contributed by atoms with van der Waals surface area (Å²) in [6, 6.07) is 4.54. The van der Waals surface area contributed by atoms with Crippen molar-refractivity contribution in [1.82, 2.24) is 15.2 Å². The summed E-state index contributed by atoms with van der Waals surface area (Å²) < 4.78 is 5.09. The third-order valence-corrected chi connectivity index (χ3v) is 5.13. The van der Waals surface area contributed by atoms with Crippen LogP contribution in [-0.4, -0.2) is 48.1 Å². The molecule has 1 aromatic carbocycles. The molecule has 0 radical (unpaired) electrons. The van der Waals surface area contributed by atoms with Crippen molar-refractivity contribution in [1.29, 1.82) is 0 Å². The van der Waals surface area contributed by atoms with E-state index < -0.39 is 0 Å². The van der Waals surface area contributed by atoms with Gasteiger partial charge >= 0.3 is 6.03 Å². The summed E-state index contributed by atoms with van der Waals surface area (Å²) in [6.45, 7) is 4.73. The highest BCUT2D eigenvalue weighted by Crippen LogP contribution is 2.25. The van der Waals surface area contributed by atoms with Crippen molar-refractivity contribution < 1.29 is 14.3 Å². The first-order chi connectivity index (χ1) is 13.3. The molecule has 0 saturated carbocycles. The second-order valence-corrected chi connectivity index (χ2v) is 7.99. The molecule has 0 atom stereocenters. The van der Waals surface area contributed by atoms with Crippen LogP contribution in [0.25, 0.3) is 0 Å². The first kappa shape index (κ1) is 22.4. The van der Waals surface area contributed by atoms with E-state index in [4.69, 9.17) is 27.9 Å². The lowest BCUT2D eigenvalue weighted by molar-refractivity contribution is 0.0938. The average molecular weight is 445 g/mol. The summed E-state index contributed by atoms with van der Waals surface area (Å²) in [5.41, 5.74) is 0.864. The molecule has 152 valence electrons. The molecule has 7 nitrogen and oxygen atoms in total. The molecule has 0 unspecified atom stereocenters. The van der Waals surface area contributed by atoms with Gasteiger partial charge in [-0.15, -0.1) is 11.3 Å². The summed E-state index contributed by atoms with van der Waals surface area (Å²) >= 11 is 13.2. The van der Waals surface area contributed by atoms with E-state index in [2.05, 4.69) is 15.6 Å². The number of anilines is 1. The van der Waals surface area contributed by atoms with Crippen molar-refractivity contribution in [2.24, 2.45) is 0 Å². The van der Waals surface area contributed by atoms with E-state index in [1.165, 1.54) is 11.3 Å². The molecule has 0 spiro atoms. The van der Waals surface area contributed by atoms with Crippen molar-refractivity contribution >= 4 is 52.2 Å². The summed E-state index contributed by atoms with van der Waals surface area (Å²) in [5.74, 6) is -0.235. The molecule has 0 aliphatic carbocycles. The van der Waals surface area contributed by atoms with E-state index in [0.29, 0.717) is 39.6 Å². The van der Waals surface area contributed by atoms with Gasteiger partial charge in [-0.1, -0.05) is 23.2 Å². The Morgan fingerprint density at radius 2 is 2.04 bits per heavy atom. The van der Waals surface area contributed by atoms with Gasteiger partial charge in [-0.05, 0) is 32.0 Å². The van der Waals surface area contributed by atoms with Gasteiger partial charge in [-0.25, -0.2) is 9.78 Å². The number of nitrogens with one attached hydrogen (secondary N) is 2. The number of carbonyl (C=O) groups excluding carboxylic acids is 2. The van der Waals surface area contributed by atoms with Gasteiger partial charge in [0.2, 0.25) is 0 Å². The highest BCUT2D eigenvalue weighted by atomic mass is 35.5. The molecule has 0 saturated heterocycles. The Balaban J connectivity index is 2.08. The Labute approximate surface area is 178 Å². The van der Waals surface area contributed by atoms with E-state index in [0.717, 1.165) is 0 Å². The molecular weight excluding hydrogens is 423 g/mol. The number of benzene rings is 1. The Morgan fingerprint density at radius 1 is 1.29 bits per heavy atom. The van der Waals surface area contributed by atoms with Gasteiger partial charge in [0.15, 0.2) is 0 Å². The van der Waals surface area contributed by atoms with E-state index in [-0.39, 0.29) is 24.5 Å². The Kier molecular flexibility index (Phi) is 8.50. The predicted molar refractivity (Wildman–Crippen MR) is 112 cm³/mol. The van der Waals surface area contributed by atoms with Crippen LogP contribution >= 0.6 is 34.5 Å². The molecule has 2 N–H and O–H groups in total. The van der Waals surface area contributed by atoms with Crippen molar-refractivity contribution in [3.05, 3.63) is 44.3 Å². The van der Waals surface area contributed by atoms with Crippen LogP contribution in [0.5, 0.6) is 0 Å². The molecule has 0 bridgehead atoms. The zero-order valence-electron chi connectivity index (χ0n) is 15.8. The van der Waals surface area contributed by atoms with Crippen LogP contribution in [-0.2, 0) is 11.3 Å². The van der Waals surface area contributed by atoms with Gasteiger partial charge in [0.1, 0.15) is 10.7 Å². The SMILES string of the molecule is COCCN(Cc1nc(C(=O)NC(C)C)cs1)C(=O)Nc1ccc(Cl)c(Cl)c1. The first-order valence-corrected chi connectivity index (χ1v) is 10.2. The van der Waals surface area contributed by atoms with Crippen molar-refractivity contribution in [3.63, 3.8) is 0 Å². The van der Waals surface area contributed by atoms with Crippen molar-refractivity contribution in [3.8, 4) is 0 Å². The quantitative estimate of drug-likeness (QED) is 0.636. The molecule has 0 fully saturated rings. The van der Waals surface area contributed by atoms with E-state index in [9.17, 15) is 9.59 Å². The lowest BCUT2D eigenvalue weighted by Gasteiger charge is -2.22. The van der Waals surface area contributed by atoms with Gasteiger partial charge in [-0.2, -0.15) is 0 Å². The van der Waals surface area contributed by atoms with Gasteiger partial charge in [0.25, 0.3) is 5.91 Å². The highest BCUT2D eigenvalue weighted by molar-refractivity contribution is 7.09. The molecule has 3 amide bonds. The lowest BCUT2D eigenvalue weighted by atomic mass is 10.3. The van der Waals surface area contributed by atoms with Gasteiger partial charge < -0.3 is 20.3 Å². The van der Waals surface area contributed by atoms with Gasteiger partial charge in [-0.3, -0.25) is 4.79 Å². The van der Waals surface area contributed by atoms with Gasteiger partial charge in [0.05, 0.1) is 23.2 Å². The maximum atomic E-state index is 12.7. The highest BCUT2D eigenvalue weighted by Gasteiger charge is 2.18. The van der Waals surface area contributed by atoms with E-state index >= 15 is 0 Å². The molecule has 2 aromatic rings. The molecule has 2 rings (SSSR count). The number of amides is 3. The molecule has 1 aromatic heterocycles. The second-order valence-electron chi connectivity index (χ2n) is 6.23. The third kappa shape index (κ3) is 6.63. The second kappa shape index (κ2) is 10.6. The number of thiazole rings is 1. The zero-order valence-corrected chi connectivity index (χ0v) is 18.1. The number of hydrogen-bond donors (Lipinski definition) is 2. The molecular formula is C18H22Cl2N4O3S.